The van der Waals surface area contributed by atoms with Gasteiger partial charge in [-0.2, -0.15) is 0 Å². The van der Waals surface area contributed by atoms with E-state index in [1.165, 1.54) is 5.56 Å². The SMILES string of the molecule is CNC1CCN(C)c2nc(-c3cccc(-c4cccc(-c5cnc(CNC[C@@H]6CCC(=O)N6)c(OC)n5)c4Cl)c3Cl)ccc21. The third-order valence-electron chi connectivity index (χ3n) is 8.36. The van der Waals surface area contributed by atoms with Gasteiger partial charge in [0, 0.05) is 73.0 Å². The first-order valence-corrected chi connectivity index (χ1v) is 15.5. The van der Waals surface area contributed by atoms with Gasteiger partial charge in [-0.05, 0) is 26.0 Å². The minimum absolute atomic E-state index is 0.0941. The van der Waals surface area contributed by atoms with Gasteiger partial charge in [0.15, 0.2) is 0 Å². The number of aromatic nitrogens is 3. The molecule has 0 bridgehead atoms. The highest BCUT2D eigenvalue weighted by atomic mass is 35.5. The Morgan fingerprint density at radius 1 is 0.977 bits per heavy atom. The average molecular weight is 633 g/mol. The minimum atomic E-state index is 0.0941. The molecule has 6 rings (SSSR count). The average Bonchev–Trinajstić information content (AvgIpc) is 3.46. The maximum atomic E-state index is 11.5. The number of methoxy groups -OCH3 is 1. The van der Waals surface area contributed by atoms with E-state index in [1.54, 1.807) is 13.3 Å². The molecule has 4 aromatic rings. The molecule has 0 saturated carbocycles. The van der Waals surface area contributed by atoms with Crippen LogP contribution in [-0.4, -0.2) is 61.2 Å². The second-order valence-corrected chi connectivity index (χ2v) is 11.9. The first-order chi connectivity index (χ1) is 21.4. The Balaban J connectivity index is 1.28. The zero-order valence-electron chi connectivity index (χ0n) is 25.0. The molecule has 1 amide bonds. The second-order valence-electron chi connectivity index (χ2n) is 11.1. The topological polar surface area (TPSA) is 104 Å². The normalized spacial score (nSPS) is 17.8. The van der Waals surface area contributed by atoms with Crippen LogP contribution in [0.1, 0.15) is 36.6 Å². The van der Waals surface area contributed by atoms with Gasteiger partial charge in [0.1, 0.15) is 11.5 Å². The quantitative estimate of drug-likeness (QED) is 0.217. The Labute approximate surface area is 267 Å². The molecule has 44 heavy (non-hydrogen) atoms. The summed E-state index contributed by atoms with van der Waals surface area (Å²) in [5, 5.41) is 10.8. The number of hydrogen-bond donors (Lipinski definition) is 3. The molecule has 2 aromatic carbocycles. The number of halogens is 2. The Kier molecular flexibility index (Phi) is 9.00. The van der Waals surface area contributed by atoms with Crippen molar-refractivity contribution < 1.29 is 9.53 Å². The smallest absolute Gasteiger partial charge is 0.237 e. The Hall–Kier alpha value is -3.76. The highest BCUT2D eigenvalue weighted by molar-refractivity contribution is 6.39. The summed E-state index contributed by atoms with van der Waals surface area (Å²) in [6.07, 6.45) is 4.13. The van der Waals surface area contributed by atoms with Gasteiger partial charge in [0.2, 0.25) is 11.8 Å². The van der Waals surface area contributed by atoms with E-state index in [0.29, 0.717) is 46.8 Å². The van der Waals surface area contributed by atoms with E-state index in [-0.39, 0.29) is 18.0 Å². The van der Waals surface area contributed by atoms with Gasteiger partial charge < -0.3 is 25.6 Å². The lowest BCUT2D eigenvalue weighted by Crippen LogP contribution is -2.35. The van der Waals surface area contributed by atoms with E-state index in [4.69, 9.17) is 37.9 Å². The van der Waals surface area contributed by atoms with E-state index in [0.717, 1.165) is 53.2 Å². The number of amides is 1. The van der Waals surface area contributed by atoms with Gasteiger partial charge in [-0.15, -0.1) is 0 Å². The molecule has 3 N–H and O–H groups in total. The van der Waals surface area contributed by atoms with Crippen molar-refractivity contribution in [2.45, 2.75) is 37.9 Å². The van der Waals surface area contributed by atoms with Gasteiger partial charge >= 0.3 is 0 Å². The molecule has 2 aliphatic rings. The van der Waals surface area contributed by atoms with Crippen molar-refractivity contribution in [3.05, 3.63) is 76.0 Å². The van der Waals surface area contributed by atoms with Crippen molar-refractivity contribution >= 4 is 34.9 Å². The van der Waals surface area contributed by atoms with E-state index < -0.39 is 0 Å². The summed E-state index contributed by atoms with van der Waals surface area (Å²) in [4.78, 5) is 28.1. The lowest BCUT2D eigenvalue weighted by Gasteiger charge is -2.32. The summed E-state index contributed by atoms with van der Waals surface area (Å²) < 4.78 is 5.58. The molecule has 0 aliphatic carbocycles. The monoisotopic (exact) mass is 631 g/mol. The molecule has 0 spiro atoms. The summed E-state index contributed by atoms with van der Waals surface area (Å²) in [6.45, 7) is 2.04. The molecule has 1 unspecified atom stereocenters. The highest BCUT2D eigenvalue weighted by Crippen LogP contribution is 2.43. The molecule has 9 nitrogen and oxygen atoms in total. The fourth-order valence-electron chi connectivity index (χ4n) is 5.95. The van der Waals surface area contributed by atoms with Crippen LogP contribution in [-0.2, 0) is 11.3 Å². The van der Waals surface area contributed by atoms with Crippen molar-refractivity contribution in [2.75, 3.05) is 39.2 Å². The van der Waals surface area contributed by atoms with Crippen LogP contribution in [0, 0.1) is 0 Å². The van der Waals surface area contributed by atoms with Crippen LogP contribution in [0.5, 0.6) is 5.88 Å². The number of rotatable bonds is 9. The molecule has 0 radical (unpaired) electrons. The number of carbonyl (C=O) groups excluding carboxylic acids is 1. The maximum Gasteiger partial charge on any atom is 0.237 e. The summed E-state index contributed by atoms with van der Waals surface area (Å²) in [7, 11) is 5.63. The molecule has 1 saturated heterocycles. The molecule has 2 atom stereocenters. The molecule has 2 aromatic heterocycles. The lowest BCUT2D eigenvalue weighted by atomic mass is 9.96. The van der Waals surface area contributed by atoms with Crippen molar-refractivity contribution in [3.63, 3.8) is 0 Å². The number of benzene rings is 2. The lowest BCUT2D eigenvalue weighted by molar-refractivity contribution is -0.119. The van der Waals surface area contributed by atoms with Gasteiger partial charge in [-0.3, -0.25) is 9.78 Å². The van der Waals surface area contributed by atoms with E-state index in [1.807, 2.05) is 49.5 Å². The van der Waals surface area contributed by atoms with Crippen LogP contribution in [0.4, 0.5) is 5.82 Å². The van der Waals surface area contributed by atoms with Crippen LogP contribution in [0.25, 0.3) is 33.6 Å². The van der Waals surface area contributed by atoms with Crippen molar-refractivity contribution in [1.82, 2.24) is 30.9 Å². The van der Waals surface area contributed by atoms with Gasteiger partial charge in [-0.1, -0.05) is 65.7 Å². The molecule has 1 fully saturated rings. The first-order valence-electron chi connectivity index (χ1n) is 14.8. The standard InChI is InChI=1S/C33H35Cl2N7O2/c1-36-25-14-15-42(2)32-24(25)11-12-26(40-32)22-8-4-6-20(30(22)34)21-7-5-9-23(31(21)35)27-18-38-28(33(41-27)44-3)17-37-16-19-10-13-29(43)39-19/h4-9,11-12,18-19,25,36-37H,10,13-17H2,1-3H3,(H,39,43)/t19-,25?/m0/s1. The number of nitrogens with zero attached hydrogens (tertiary/aromatic N) is 4. The third kappa shape index (κ3) is 5.97. The van der Waals surface area contributed by atoms with E-state index >= 15 is 0 Å². The predicted octanol–water partition coefficient (Wildman–Crippen LogP) is 5.66. The zero-order valence-corrected chi connectivity index (χ0v) is 26.5. The van der Waals surface area contributed by atoms with Crippen LogP contribution in [0.2, 0.25) is 10.0 Å². The first kappa shape index (κ1) is 30.3. The number of hydrogen-bond acceptors (Lipinski definition) is 8. The van der Waals surface area contributed by atoms with Crippen molar-refractivity contribution in [3.8, 4) is 39.5 Å². The summed E-state index contributed by atoms with van der Waals surface area (Å²) in [5.41, 5.74) is 6.40. The molecule has 228 valence electrons. The van der Waals surface area contributed by atoms with Crippen molar-refractivity contribution in [2.24, 2.45) is 0 Å². The van der Waals surface area contributed by atoms with Crippen LogP contribution in [0.15, 0.2) is 54.7 Å². The largest absolute Gasteiger partial charge is 0.480 e. The number of carbonyl (C=O) groups is 1. The summed E-state index contributed by atoms with van der Waals surface area (Å²) in [5.74, 6) is 1.47. The number of ether oxygens (including phenoxy) is 1. The number of pyridine rings is 1. The number of anilines is 1. The number of fused-ring (bicyclic) bond motifs is 1. The zero-order chi connectivity index (χ0) is 30.8. The fourth-order valence-corrected chi connectivity index (χ4v) is 6.60. The van der Waals surface area contributed by atoms with Gasteiger partial charge in [0.25, 0.3) is 0 Å². The minimum Gasteiger partial charge on any atom is -0.480 e. The fraction of sp³-hybridized carbons (Fsp3) is 0.333. The third-order valence-corrected chi connectivity index (χ3v) is 9.17. The number of nitrogens with one attached hydrogen (secondary N) is 3. The molecule has 2 aliphatic heterocycles. The molecular weight excluding hydrogens is 597 g/mol. The van der Waals surface area contributed by atoms with Crippen LogP contribution >= 0.6 is 23.2 Å². The van der Waals surface area contributed by atoms with Crippen LogP contribution < -0.4 is 25.6 Å². The molecule has 11 heteroatoms. The molecule has 4 heterocycles. The second kappa shape index (κ2) is 13.1. The summed E-state index contributed by atoms with van der Waals surface area (Å²) in [6, 6.07) is 16.3. The van der Waals surface area contributed by atoms with Gasteiger partial charge in [0.05, 0.1) is 34.7 Å². The summed E-state index contributed by atoms with van der Waals surface area (Å²) >= 11 is 14.1. The van der Waals surface area contributed by atoms with E-state index in [9.17, 15) is 4.79 Å². The Morgan fingerprint density at radius 3 is 2.34 bits per heavy atom. The Bertz CT molecular complexity index is 1700. The van der Waals surface area contributed by atoms with E-state index in [2.05, 4.69) is 38.9 Å². The van der Waals surface area contributed by atoms with Gasteiger partial charge in [-0.25, -0.2) is 9.97 Å². The van der Waals surface area contributed by atoms with Crippen molar-refractivity contribution in [1.29, 1.82) is 0 Å². The highest BCUT2D eigenvalue weighted by Gasteiger charge is 2.25. The molecular formula is C33H35Cl2N7O2. The maximum absolute atomic E-state index is 11.5. The van der Waals surface area contributed by atoms with Crippen LogP contribution in [0.3, 0.4) is 0 Å². The Morgan fingerprint density at radius 2 is 1.68 bits per heavy atom. The predicted molar refractivity (Wildman–Crippen MR) is 175 cm³/mol.